The van der Waals surface area contributed by atoms with Crippen LogP contribution in [0, 0.1) is 6.92 Å². The van der Waals surface area contributed by atoms with Gasteiger partial charge in [0.1, 0.15) is 5.75 Å². The number of hydrogen-bond donors (Lipinski definition) is 1. The number of aryl methyl sites for hydroxylation is 1. The molecule has 0 aliphatic heterocycles. The first-order valence-corrected chi connectivity index (χ1v) is 11.3. The largest absolute Gasteiger partial charge is 0.496 e. The number of methoxy groups -OCH3 is 1. The highest BCUT2D eigenvalue weighted by molar-refractivity contribution is 7.92. The van der Waals surface area contributed by atoms with Crippen LogP contribution < -0.4 is 9.46 Å². The number of carbonyl (C=O) groups is 1. The summed E-state index contributed by atoms with van der Waals surface area (Å²) in [6, 6.07) is 20.4. The van der Waals surface area contributed by atoms with Crippen LogP contribution in [-0.2, 0) is 10.0 Å². The first kappa shape index (κ1) is 22.4. The number of para-hydroxylation sites is 2. The van der Waals surface area contributed by atoms with Crippen LogP contribution in [0.1, 0.15) is 34.5 Å². The number of benzene rings is 3. The summed E-state index contributed by atoms with van der Waals surface area (Å²) >= 11 is 0. The monoisotopic (exact) mass is 438 g/mol. The number of carbonyl (C=O) groups excluding carboxylic acids is 1. The molecular formula is C24H26N2O4S. The highest BCUT2D eigenvalue weighted by Crippen LogP contribution is 2.29. The standard InChI is InChI=1S/C24H26N2O4S/c1-17-9-5-7-11-22(17)25-31(28,29)20-15-13-19(14-16-20)24(27)26(3)18(2)21-10-6-8-12-23(21)30-4/h5-16,18,25H,1-4H3. The maximum Gasteiger partial charge on any atom is 0.261 e. The van der Waals surface area contributed by atoms with Gasteiger partial charge >= 0.3 is 0 Å². The van der Waals surface area contributed by atoms with Crippen molar-refractivity contribution in [2.75, 3.05) is 18.9 Å². The van der Waals surface area contributed by atoms with E-state index in [-0.39, 0.29) is 16.8 Å². The number of hydrogen-bond acceptors (Lipinski definition) is 4. The molecule has 0 heterocycles. The van der Waals surface area contributed by atoms with Gasteiger partial charge in [-0.1, -0.05) is 36.4 Å². The van der Waals surface area contributed by atoms with Crippen LogP contribution in [0.3, 0.4) is 0 Å². The van der Waals surface area contributed by atoms with Gasteiger partial charge in [0.05, 0.1) is 23.7 Å². The molecule has 7 heteroatoms. The number of amides is 1. The molecule has 0 aliphatic rings. The third-order valence-corrected chi connectivity index (χ3v) is 6.67. The van der Waals surface area contributed by atoms with Gasteiger partial charge in [0, 0.05) is 18.2 Å². The van der Waals surface area contributed by atoms with Crippen molar-refractivity contribution in [3.05, 3.63) is 89.5 Å². The van der Waals surface area contributed by atoms with Crippen molar-refractivity contribution >= 4 is 21.6 Å². The fourth-order valence-electron chi connectivity index (χ4n) is 3.27. The predicted molar refractivity (Wildman–Crippen MR) is 122 cm³/mol. The van der Waals surface area contributed by atoms with E-state index >= 15 is 0 Å². The van der Waals surface area contributed by atoms with E-state index in [4.69, 9.17) is 4.74 Å². The van der Waals surface area contributed by atoms with Crippen LogP contribution in [0.5, 0.6) is 5.75 Å². The van der Waals surface area contributed by atoms with Crippen molar-refractivity contribution in [3.63, 3.8) is 0 Å². The second kappa shape index (κ2) is 9.22. The lowest BCUT2D eigenvalue weighted by molar-refractivity contribution is 0.0741. The quantitative estimate of drug-likeness (QED) is 0.583. The van der Waals surface area contributed by atoms with E-state index < -0.39 is 10.0 Å². The fourth-order valence-corrected chi connectivity index (χ4v) is 4.40. The lowest BCUT2D eigenvalue weighted by atomic mass is 10.0. The van der Waals surface area contributed by atoms with Gasteiger partial charge in [0.15, 0.2) is 0 Å². The van der Waals surface area contributed by atoms with Gasteiger partial charge in [-0.2, -0.15) is 0 Å². The molecule has 0 bridgehead atoms. The molecule has 0 fully saturated rings. The van der Waals surface area contributed by atoms with Crippen molar-refractivity contribution in [1.82, 2.24) is 4.90 Å². The maximum atomic E-state index is 13.0. The van der Waals surface area contributed by atoms with Crippen molar-refractivity contribution in [2.24, 2.45) is 0 Å². The smallest absolute Gasteiger partial charge is 0.261 e. The molecule has 0 aliphatic carbocycles. The molecule has 0 saturated carbocycles. The van der Waals surface area contributed by atoms with E-state index in [1.165, 1.54) is 24.3 Å². The molecule has 1 atom stereocenters. The van der Waals surface area contributed by atoms with Gasteiger partial charge < -0.3 is 9.64 Å². The maximum absolute atomic E-state index is 13.0. The summed E-state index contributed by atoms with van der Waals surface area (Å²) < 4.78 is 33.4. The molecule has 162 valence electrons. The topological polar surface area (TPSA) is 75.7 Å². The molecule has 1 amide bonds. The zero-order valence-corrected chi connectivity index (χ0v) is 18.8. The molecule has 0 spiro atoms. The SMILES string of the molecule is COc1ccccc1C(C)N(C)C(=O)c1ccc(S(=O)(=O)Nc2ccccc2C)cc1. The van der Waals surface area contributed by atoms with Crippen molar-refractivity contribution in [3.8, 4) is 5.75 Å². The Bertz CT molecular complexity index is 1170. The second-order valence-electron chi connectivity index (χ2n) is 7.28. The minimum absolute atomic E-state index is 0.0905. The van der Waals surface area contributed by atoms with Crippen molar-refractivity contribution in [1.29, 1.82) is 0 Å². The Morgan fingerprint density at radius 2 is 1.58 bits per heavy atom. The molecule has 6 nitrogen and oxygen atoms in total. The molecule has 1 N–H and O–H groups in total. The number of sulfonamides is 1. The van der Waals surface area contributed by atoms with Gasteiger partial charge in [0.25, 0.3) is 15.9 Å². The Kier molecular flexibility index (Phi) is 6.65. The van der Waals surface area contributed by atoms with Crippen LogP contribution in [0.2, 0.25) is 0 Å². The van der Waals surface area contributed by atoms with E-state index in [0.717, 1.165) is 11.1 Å². The third kappa shape index (κ3) is 4.88. The van der Waals surface area contributed by atoms with E-state index in [1.807, 2.05) is 50.2 Å². The number of anilines is 1. The summed E-state index contributed by atoms with van der Waals surface area (Å²) in [5.74, 6) is 0.493. The van der Waals surface area contributed by atoms with Crippen LogP contribution in [0.4, 0.5) is 5.69 Å². The van der Waals surface area contributed by atoms with Crippen molar-refractivity contribution in [2.45, 2.75) is 24.8 Å². The highest BCUT2D eigenvalue weighted by Gasteiger charge is 2.22. The first-order valence-electron chi connectivity index (χ1n) is 9.83. The van der Waals surface area contributed by atoms with Gasteiger partial charge in [-0.25, -0.2) is 8.42 Å². The molecule has 0 radical (unpaired) electrons. The summed E-state index contributed by atoms with van der Waals surface area (Å²) in [5.41, 5.74) is 2.64. The lowest BCUT2D eigenvalue weighted by Crippen LogP contribution is -2.30. The van der Waals surface area contributed by atoms with Crippen LogP contribution in [-0.4, -0.2) is 33.4 Å². The second-order valence-corrected chi connectivity index (χ2v) is 8.96. The van der Waals surface area contributed by atoms with Crippen LogP contribution in [0.25, 0.3) is 0 Å². The van der Waals surface area contributed by atoms with Crippen LogP contribution in [0.15, 0.2) is 77.7 Å². The van der Waals surface area contributed by atoms with Gasteiger partial charge in [-0.05, 0) is 55.8 Å². The first-order chi connectivity index (χ1) is 14.7. The molecule has 3 rings (SSSR count). The molecular weight excluding hydrogens is 412 g/mol. The highest BCUT2D eigenvalue weighted by atomic mass is 32.2. The molecule has 3 aromatic rings. The fraction of sp³-hybridized carbons (Fsp3) is 0.208. The van der Waals surface area contributed by atoms with Gasteiger partial charge in [-0.3, -0.25) is 9.52 Å². The van der Waals surface area contributed by atoms with E-state index in [9.17, 15) is 13.2 Å². The van der Waals surface area contributed by atoms with Crippen molar-refractivity contribution < 1.29 is 17.9 Å². The number of nitrogens with one attached hydrogen (secondary N) is 1. The number of ether oxygens (including phenoxy) is 1. The lowest BCUT2D eigenvalue weighted by Gasteiger charge is -2.26. The summed E-state index contributed by atoms with van der Waals surface area (Å²) in [6.45, 7) is 3.75. The average molecular weight is 439 g/mol. The Labute approximate surface area is 183 Å². The van der Waals surface area contributed by atoms with E-state index in [2.05, 4.69) is 4.72 Å². The van der Waals surface area contributed by atoms with E-state index in [0.29, 0.717) is 17.0 Å². The summed E-state index contributed by atoms with van der Waals surface area (Å²) in [5, 5.41) is 0. The zero-order chi connectivity index (χ0) is 22.6. The minimum atomic E-state index is -3.76. The predicted octanol–water partition coefficient (Wildman–Crippen LogP) is 4.64. The Hall–Kier alpha value is -3.32. The van der Waals surface area contributed by atoms with E-state index in [1.54, 1.807) is 31.2 Å². The molecule has 0 saturated heterocycles. The normalized spacial score (nSPS) is 12.1. The molecule has 0 aromatic heterocycles. The molecule has 1 unspecified atom stereocenters. The van der Waals surface area contributed by atoms with Gasteiger partial charge in [-0.15, -0.1) is 0 Å². The Morgan fingerprint density at radius 1 is 0.968 bits per heavy atom. The van der Waals surface area contributed by atoms with Crippen LogP contribution >= 0.6 is 0 Å². The molecule has 31 heavy (non-hydrogen) atoms. The zero-order valence-electron chi connectivity index (χ0n) is 18.0. The Morgan fingerprint density at radius 3 is 2.23 bits per heavy atom. The minimum Gasteiger partial charge on any atom is -0.496 e. The summed E-state index contributed by atoms with van der Waals surface area (Å²) in [4.78, 5) is 14.7. The number of rotatable bonds is 7. The summed E-state index contributed by atoms with van der Waals surface area (Å²) in [7, 11) is -0.451. The number of nitrogens with zero attached hydrogens (tertiary/aromatic N) is 1. The van der Waals surface area contributed by atoms with Gasteiger partial charge in [0.2, 0.25) is 0 Å². The molecule has 3 aromatic carbocycles. The average Bonchev–Trinajstić information content (AvgIpc) is 2.79. The summed E-state index contributed by atoms with van der Waals surface area (Å²) in [6.07, 6.45) is 0. The third-order valence-electron chi connectivity index (χ3n) is 5.29. The Balaban J connectivity index is 1.79.